The van der Waals surface area contributed by atoms with Crippen molar-refractivity contribution < 1.29 is 4.79 Å². The first kappa shape index (κ1) is 18.0. The Morgan fingerprint density at radius 2 is 1.91 bits per heavy atom. The molecular formula is C17H24ClN3OS. The van der Waals surface area contributed by atoms with E-state index in [2.05, 4.69) is 30.0 Å². The van der Waals surface area contributed by atoms with Crippen LogP contribution in [0.3, 0.4) is 0 Å². The molecule has 0 unspecified atom stereocenters. The maximum absolute atomic E-state index is 11.9. The summed E-state index contributed by atoms with van der Waals surface area (Å²) in [6, 6.07) is 7.59. The van der Waals surface area contributed by atoms with E-state index >= 15 is 0 Å². The Kier molecular flexibility index (Phi) is 6.66. The molecule has 0 saturated heterocycles. The number of halogens is 1. The minimum absolute atomic E-state index is 0.137. The Balaban J connectivity index is 1.73. The predicted molar refractivity (Wildman–Crippen MR) is 98.1 cm³/mol. The molecule has 1 aromatic carbocycles. The molecule has 0 aliphatic heterocycles. The highest BCUT2D eigenvalue weighted by molar-refractivity contribution is 7.80. The molecule has 0 heterocycles. The molecule has 1 fully saturated rings. The summed E-state index contributed by atoms with van der Waals surface area (Å²) in [6.45, 7) is 4.53. The standard InChI is InChI=1S/C17H24ClN3OS/c1-11-4-3-5-15(12(11)2)19-17(23)21-20-16(22)10-13-6-8-14(18)9-7-13/h6-9,11-12,15H,3-5,10H2,1-2H3,(H,20,22)(H2,19,21,23)/t11-,12-,15+/m1/s1. The van der Waals surface area contributed by atoms with Gasteiger partial charge in [0, 0.05) is 11.1 Å². The van der Waals surface area contributed by atoms with E-state index in [4.69, 9.17) is 23.8 Å². The number of nitrogens with one attached hydrogen (secondary N) is 3. The molecular weight excluding hydrogens is 330 g/mol. The van der Waals surface area contributed by atoms with Gasteiger partial charge in [0.1, 0.15) is 0 Å². The SMILES string of the molecule is C[C@@H]1[C@H](C)CCC[C@@H]1NC(=S)NNC(=O)Cc1ccc(Cl)cc1. The molecule has 126 valence electrons. The van der Waals surface area contributed by atoms with Crippen molar-refractivity contribution in [1.29, 1.82) is 0 Å². The number of rotatable bonds is 3. The van der Waals surface area contributed by atoms with Gasteiger partial charge in [-0.3, -0.25) is 15.6 Å². The van der Waals surface area contributed by atoms with Crippen LogP contribution in [0, 0.1) is 11.8 Å². The Hall–Kier alpha value is -1.33. The number of benzene rings is 1. The lowest BCUT2D eigenvalue weighted by Crippen LogP contribution is -2.52. The van der Waals surface area contributed by atoms with Gasteiger partial charge in [0.2, 0.25) is 5.91 Å². The molecule has 0 radical (unpaired) electrons. The molecule has 1 saturated carbocycles. The molecule has 23 heavy (non-hydrogen) atoms. The average Bonchev–Trinajstić information content (AvgIpc) is 2.52. The van der Waals surface area contributed by atoms with E-state index in [9.17, 15) is 4.79 Å². The lowest BCUT2D eigenvalue weighted by molar-refractivity contribution is -0.121. The van der Waals surface area contributed by atoms with Crippen LogP contribution in [0.25, 0.3) is 0 Å². The van der Waals surface area contributed by atoms with E-state index in [1.807, 2.05) is 12.1 Å². The smallest absolute Gasteiger partial charge is 0.242 e. The van der Waals surface area contributed by atoms with Crippen LogP contribution < -0.4 is 16.2 Å². The van der Waals surface area contributed by atoms with E-state index in [1.165, 1.54) is 12.8 Å². The molecule has 4 nitrogen and oxygen atoms in total. The van der Waals surface area contributed by atoms with Crippen molar-refractivity contribution in [3.8, 4) is 0 Å². The maximum atomic E-state index is 11.9. The Morgan fingerprint density at radius 1 is 1.22 bits per heavy atom. The van der Waals surface area contributed by atoms with Crippen LogP contribution in [0.2, 0.25) is 5.02 Å². The molecule has 2 rings (SSSR count). The molecule has 0 bridgehead atoms. The average molecular weight is 354 g/mol. The van der Waals surface area contributed by atoms with Gasteiger partial charge in [-0.25, -0.2) is 0 Å². The highest BCUT2D eigenvalue weighted by atomic mass is 35.5. The second kappa shape index (κ2) is 8.50. The minimum Gasteiger partial charge on any atom is -0.358 e. The maximum Gasteiger partial charge on any atom is 0.242 e. The number of hydrazine groups is 1. The van der Waals surface area contributed by atoms with Crippen LogP contribution in [0.5, 0.6) is 0 Å². The normalized spacial score (nSPS) is 23.9. The minimum atomic E-state index is -0.137. The number of hydrogen-bond acceptors (Lipinski definition) is 2. The summed E-state index contributed by atoms with van der Waals surface area (Å²) in [5.41, 5.74) is 6.33. The molecule has 3 N–H and O–H groups in total. The number of amides is 1. The quantitative estimate of drug-likeness (QED) is 0.577. The molecule has 0 aromatic heterocycles. The lowest BCUT2D eigenvalue weighted by Gasteiger charge is -2.35. The second-order valence-electron chi connectivity index (χ2n) is 6.32. The van der Waals surface area contributed by atoms with Gasteiger partial charge in [0.15, 0.2) is 5.11 Å². The third kappa shape index (κ3) is 5.66. The summed E-state index contributed by atoms with van der Waals surface area (Å²) in [5, 5.41) is 4.45. The van der Waals surface area contributed by atoms with Crippen LogP contribution in [-0.4, -0.2) is 17.1 Å². The van der Waals surface area contributed by atoms with E-state index in [0.717, 1.165) is 12.0 Å². The van der Waals surface area contributed by atoms with Crippen LogP contribution in [0.1, 0.15) is 38.7 Å². The van der Waals surface area contributed by atoms with E-state index < -0.39 is 0 Å². The zero-order valence-electron chi connectivity index (χ0n) is 13.6. The summed E-state index contributed by atoms with van der Waals surface area (Å²) in [6.07, 6.45) is 3.89. The molecule has 1 amide bonds. The fourth-order valence-corrected chi connectivity index (χ4v) is 3.28. The summed E-state index contributed by atoms with van der Waals surface area (Å²) < 4.78 is 0. The van der Waals surface area contributed by atoms with Gasteiger partial charge in [-0.1, -0.05) is 50.4 Å². The fourth-order valence-electron chi connectivity index (χ4n) is 2.95. The molecule has 1 aromatic rings. The molecule has 1 aliphatic rings. The number of hydrogen-bond donors (Lipinski definition) is 3. The van der Waals surface area contributed by atoms with Crippen LogP contribution >= 0.6 is 23.8 Å². The van der Waals surface area contributed by atoms with Gasteiger partial charge in [0.05, 0.1) is 6.42 Å². The summed E-state index contributed by atoms with van der Waals surface area (Å²) >= 11 is 11.1. The summed E-state index contributed by atoms with van der Waals surface area (Å²) in [7, 11) is 0. The largest absolute Gasteiger partial charge is 0.358 e. The van der Waals surface area contributed by atoms with E-state index in [0.29, 0.717) is 28.0 Å². The highest BCUT2D eigenvalue weighted by Gasteiger charge is 2.27. The zero-order valence-corrected chi connectivity index (χ0v) is 15.1. The number of carbonyl (C=O) groups excluding carboxylic acids is 1. The lowest BCUT2D eigenvalue weighted by atomic mass is 9.78. The molecule has 0 spiro atoms. The van der Waals surface area contributed by atoms with Gasteiger partial charge in [-0.2, -0.15) is 0 Å². The van der Waals surface area contributed by atoms with Gasteiger partial charge in [-0.15, -0.1) is 0 Å². The number of carbonyl (C=O) groups is 1. The second-order valence-corrected chi connectivity index (χ2v) is 7.17. The summed E-state index contributed by atoms with van der Waals surface area (Å²) in [5.74, 6) is 1.14. The highest BCUT2D eigenvalue weighted by Crippen LogP contribution is 2.29. The van der Waals surface area contributed by atoms with Gasteiger partial charge >= 0.3 is 0 Å². The molecule has 6 heteroatoms. The Bertz CT molecular complexity index is 549. The topological polar surface area (TPSA) is 53.2 Å². The third-order valence-electron chi connectivity index (χ3n) is 4.62. The van der Waals surface area contributed by atoms with Gasteiger partial charge < -0.3 is 5.32 Å². The first-order valence-corrected chi connectivity index (χ1v) is 8.84. The monoisotopic (exact) mass is 353 g/mol. The van der Waals surface area contributed by atoms with Crippen molar-refractivity contribution in [3.63, 3.8) is 0 Å². The van der Waals surface area contributed by atoms with Crippen molar-refractivity contribution >= 4 is 34.8 Å². The first-order chi connectivity index (χ1) is 11.0. The zero-order chi connectivity index (χ0) is 16.8. The van der Waals surface area contributed by atoms with Crippen molar-refractivity contribution in [2.24, 2.45) is 11.8 Å². The fraction of sp³-hybridized carbons (Fsp3) is 0.529. The van der Waals surface area contributed by atoms with Crippen molar-refractivity contribution in [2.75, 3.05) is 0 Å². The summed E-state index contributed by atoms with van der Waals surface area (Å²) in [4.78, 5) is 11.9. The Morgan fingerprint density at radius 3 is 2.61 bits per heavy atom. The third-order valence-corrected chi connectivity index (χ3v) is 5.09. The van der Waals surface area contributed by atoms with Gasteiger partial charge in [-0.05, 0) is 48.2 Å². The van der Waals surface area contributed by atoms with E-state index in [1.54, 1.807) is 12.1 Å². The molecule has 1 aliphatic carbocycles. The van der Waals surface area contributed by atoms with E-state index in [-0.39, 0.29) is 12.3 Å². The number of thiocarbonyl (C=S) groups is 1. The first-order valence-electron chi connectivity index (χ1n) is 8.05. The van der Waals surface area contributed by atoms with Crippen LogP contribution in [0.15, 0.2) is 24.3 Å². The van der Waals surface area contributed by atoms with Crippen molar-refractivity contribution in [3.05, 3.63) is 34.9 Å². The van der Waals surface area contributed by atoms with Crippen LogP contribution in [0.4, 0.5) is 0 Å². The predicted octanol–water partition coefficient (Wildman–Crippen LogP) is 3.20. The van der Waals surface area contributed by atoms with Gasteiger partial charge in [0.25, 0.3) is 0 Å². The molecule has 3 atom stereocenters. The van der Waals surface area contributed by atoms with Crippen molar-refractivity contribution in [2.45, 2.75) is 45.6 Å². The van der Waals surface area contributed by atoms with Crippen molar-refractivity contribution in [1.82, 2.24) is 16.2 Å². The van der Waals surface area contributed by atoms with Crippen LogP contribution in [-0.2, 0) is 11.2 Å². The Labute approximate surface area is 148 Å².